The Morgan fingerprint density at radius 3 is 2.50 bits per heavy atom. The van der Waals surface area contributed by atoms with E-state index >= 15 is 0 Å². The van der Waals surface area contributed by atoms with Crippen LogP contribution < -0.4 is 4.90 Å². The first-order valence-electron chi connectivity index (χ1n) is 5.41. The fourth-order valence-electron chi connectivity index (χ4n) is 1.86. The zero-order valence-electron chi connectivity index (χ0n) is 8.74. The van der Waals surface area contributed by atoms with Crippen molar-refractivity contribution in [3.05, 3.63) is 18.0 Å². The lowest BCUT2D eigenvalue weighted by Gasteiger charge is -2.19. The fraction of sp³-hybridized carbons (Fsp3) is 0.636. The molecular weight excluding hydrogens is 174 g/mol. The molecule has 76 valence electrons. The van der Waals surface area contributed by atoms with Crippen molar-refractivity contribution in [2.45, 2.75) is 32.6 Å². The largest absolute Gasteiger partial charge is 0.341 e. The lowest BCUT2D eigenvalue weighted by Crippen LogP contribution is -2.26. The first-order valence-corrected chi connectivity index (χ1v) is 5.41. The maximum Gasteiger partial charge on any atom is 0.225 e. The van der Waals surface area contributed by atoms with Crippen molar-refractivity contribution in [1.82, 2.24) is 9.97 Å². The Balaban J connectivity index is 2.12. The van der Waals surface area contributed by atoms with Gasteiger partial charge in [0.1, 0.15) is 0 Å². The molecule has 0 atom stereocenters. The minimum Gasteiger partial charge on any atom is -0.341 e. The molecule has 2 heterocycles. The van der Waals surface area contributed by atoms with Gasteiger partial charge in [0.2, 0.25) is 5.95 Å². The van der Waals surface area contributed by atoms with E-state index in [-0.39, 0.29) is 0 Å². The van der Waals surface area contributed by atoms with Crippen molar-refractivity contribution in [2.24, 2.45) is 0 Å². The fourth-order valence-corrected chi connectivity index (χ4v) is 1.86. The van der Waals surface area contributed by atoms with Crippen molar-refractivity contribution in [2.75, 3.05) is 18.0 Å². The number of hydrogen-bond acceptors (Lipinski definition) is 3. The molecule has 0 unspecified atom stereocenters. The lowest BCUT2D eigenvalue weighted by molar-refractivity contribution is 0.726. The third-order valence-corrected chi connectivity index (χ3v) is 2.67. The quantitative estimate of drug-likeness (QED) is 0.681. The average molecular weight is 191 g/mol. The highest BCUT2D eigenvalue weighted by molar-refractivity contribution is 5.29. The van der Waals surface area contributed by atoms with Gasteiger partial charge in [0, 0.05) is 25.0 Å². The first kappa shape index (κ1) is 9.44. The van der Waals surface area contributed by atoms with E-state index in [4.69, 9.17) is 0 Å². The van der Waals surface area contributed by atoms with E-state index in [1.165, 1.54) is 25.7 Å². The zero-order chi connectivity index (χ0) is 9.80. The number of aryl methyl sites for hydroxylation is 1. The Labute approximate surface area is 85.2 Å². The summed E-state index contributed by atoms with van der Waals surface area (Å²) in [5, 5.41) is 0. The van der Waals surface area contributed by atoms with Gasteiger partial charge in [-0.15, -0.1) is 0 Å². The van der Waals surface area contributed by atoms with Gasteiger partial charge in [-0.3, -0.25) is 0 Å². The van der Waals surface area contributed by atoms with E-state index in [9.17, 15) is 0 Å². The molecule has 3 heteroatoms. The highest BCUT2D eigenvalue weighted by Crippen LogP contribution is 2.14. The Bertz CT molecular complexity index is 290. The van der Waals surface area contributed by atoms with Crippen molar-refractivity contribution < 1.29 is 0 Å². The molecule has 0 aliphatic carbocycles. The van der Waals surface area contributed by atoms with Gasteiger partial charge in [-0.05, 0) is 25.8 Å². The summed E-state index contributed by atoms with van der Waals surface area (Å²) in [6.07, 6.45) is 7.10. The van der Waals surface area contributed by atoms with Crippen LogP contribution in [0.2, 0.25) is 0 Å². The van der Waals surface area contributed by atoms with Crippen molar-refractivity contribution in [3.63, 3.8) is 0 Å². The van der Waals surface area contributed by atoms with Gasteiger partial charge >= 0.3 is 0 Å². The summed E-state index contributed by atoms with van der Waals surface area (Å²) in [4.78, 5) is 11.1. The molecule has 1 aromatic heterocycles. The summed E-state index contributed by atoms with van der Waals surface area (Å²) in [7, 11) is 0. The SMILES string of the molecule is Cc1ccnc(N2CCCCCC2)n1. The van der Waals surface area contributed by atoms with Crippen molar-refractivity contribution in [3.8, 4) is 0 Å². The summed E-state index contributed by atoms with van der Waals surface area (Å²) >= 11 is 0. The first-order chi connectivity index (χ1) is 6.86. The molecule has 14 heavy (non-hydrogen) atoms. The maximum absolute atomic E-state index is 4.45. The molecule has 1 saturated heterocycles. The van der Waals surface area contributed by atoms with Gasteiger partial charge in [-0.2, -0.15) is 0 Å². The summed E-state index contributed by atoms with van der Waals surface area (Å²) in [5.41, 5.74) is 1.05. The monoisotopic (exact) mass is 191 g/mol. The average Bonchev–Trinajstić information content (AvgIpc) is 2.45. The Kier molecular flexibility index (Phi) is 2.96. The predicted molar refractivity (Wildman–Crippen MR) is 57.5 cm³/mol. The Morgan fingerprint density at radius 2 is 1.86 bits per heavy atom. The lowest BCUT2D eigenvalue weighted by atomic mass is 10.2. The molecule has 3 nitrogen and oxygen atoms in total. The van der Waals surface area contributed by atoms with E-state index in [0.717, 1.165) is 24.7 Å². The highest BCUT2D eigenvalue weighted by Gasteiger charge is 2.11. The summed E-state index contributed by atoms with van der Waals surface area (Å²) in [6, 6.07) is 1.95. The van der Waals surface area contributed by atoms with Crippen LogP contribution in [0.25, 0.3) is 0 Å². The third-order valence-electron chi connectivity index (χ3n) is 2.67. The maximum atomic E-state index is 4.45. The Hall–Kier alpha value is -1.12. The van der Waals surface area contributed by atoms with Gasteiger partial charge in [0.25, 0.3) is 0 Å². The summed E-state index contributed by atoms with van der Waals surface area (Å²) in [5.74, 6) is 0.909. The number of hydrogen-bond donors (Lipinski definition) is 0. The molecule has 0 radical (unpaired) electrons. The van der Waals surface area contributed by atoms with E-state index in [0.29, 0.717) is 0 Å². The molecule has 1 aromatic rings. The number of anilines is 1. The van der Waals surface area contributed by atoms with Gasteiger partial charge in [-0.25, -0.2) is 9.97 Å². The van der Waals surface area contributed by atoms with Crippen LogP contribution in [0.4, 0.5) is 5.95 Å². The Morgan fingerprint density at radius 1 is 1.14 bits per heavy atom. The van der Waals surface area contributed by atoms with Gasteiger partial charge in [-0.1, -0.05) is 12.8 Å². The van der Waals surface area contributed by atoms with Gasteiger partial charge in [0.15, 0.2) is 0 Å². The molecule has 1 fully saturated rings. The van der Waals surface area contributed by atoms with Crippen molar-refractivity contribution >= 4 is 5.95 Å². The van der Waals surface area contributed by atoms with Crippen LogP contribution in [0.1, 0.15) is 31.4 Å². The molecule has 0 aromatic carbocycles. The third kappa shape index (κ3) is 2.22. The minimum atomic E-state index is 0.909. The minimum absolute atomic E-state index is 0.909. The molecule has 1 aliphatic rings. The van der Waals surface area contributed by atoms with Crippen LogP contribution >= 0.6 is 0 Å². The van der Waals surface area contributed by atoms with Crippen LogP contribution in [0, 0.1) is 6.92 Å². The standard InChI is InChI=1S/C11H17N3/c1-10-6-7-12-11(13-10)14-8-4-2-3-5-9-14/h6-7H,2-5,8-9H2,1H3. The molecular formula is C11H17N3. The van der Waals surface area contributed by atoms with Crippen LogP contribution in [-0.4, -0.2) is 23.1 Å². The second-order valence-electron chi connectivity index (χ2n) is 3.90. The van der Waals surface area contributed by atoms with Crippen LogP contribution in [-0.2, 0) is 0 Å². The van der Waals surface area contributed by atoms with Crippen LogP contribution in [0.3, 0.4) is 0 Å². The second kappa shape index (κ2) is 4.40. The molecule has 0 spiro atoms. The normalized spacial score (nSPS) is 17.9. The van der Waals surface area contributed by atoms with E-state index in [1.54, 1.807) is 0 Å². The number of nitrogens with zero attached hydrogens (tertiary/aromatic N) is 3. The topological polar surface area (TPSA) is 29.0 Å². The highest BCUT2D eigenvalue weighted by atomic mass is 15.2. The molecule has 0 amide bonds. The zero-order valence-corrected chi connectivity index (χ0v) is 8.74. The molecule has 2 rings (SSSR count). The van der Waals surface area contributed by atoms with Crippen molar-refractivity contribution in [1.29, 1.82) is 0 Å². The summed E-state index contributed by atoms with van der Waals surface area (Å²) < 4.78 is 0. The second-order valence-corrected chi connectivity index (χ2v) is 3.90. The van der Waals surface area contributed by atoms with Crippen LogP contribution in [0.15, 0.2) is 12.3 Å². The molecule has 0 saturated carbocycles. The molecule has 1 aliphatic heterocycles. The van der Waals surface area contributed by atoms with E-state index < -0.39 is 0 Å². The van der Waals surface area contributed by atoms with Crippen LogP contribution in [0.5, 0.6) is 0 Å². The number of aromatic nitrogens is 2. The van der Waals surface area contributed by atoms with E-state index in [1.807, 2.05) is 19.2 Å². The predicted octanol–water partition coefficient (Wildman–Crippen LogP) is 2.17. The summed E-state index contributed by atoms with van der Waals surface area (Å²) in [6.45, 7) is 4.25. The number of rotatable bonds is 1. The molecule has 0 bridgehead atoms. The smallest absolute Gasteiger partial charge is 0.225 e. The van der Waals surface area contributed by atoms with Gasteiger partial charge in [0.05, 0.1) is 0 Å². The van der Waals surface area contributed by atoms with E-state index in [2.05, 4.69) is 14.9 Å². The van der Waals surface area contributed by atoms with Gasteiger partial charge < -0.3 is 4.90 Å². The molecule has 0 N–H and O–H groups in total.